The lowest BCUT2D eigenvalue weighted by molar-refractivity contribution is -0.149. The quantitative estimate of drug-likeness (QED) is 0.0203. The molecule has 0 spiro atoms. The Balaban J connectivity index is 1.74. The summed E-state index contributed by atoms with van der Waals surface area (Å²) in [6.07, 6.45) is 2.52. The molecule has 0 saturated carbocycles. The number of carbonyl (C=O) groups excluding carboxylic acids is 9. The van der Waals surface area contributed by atoms with E-state index < -0.39 is 156 Å². The Morgan fingerprint density at radius 1 is 0.564 bits per heavy atom. The molecule has 78 heavy (non-hydrogen) atoms. The molecule has 12 atom stereocenters. The first kappa shape index (κ1) is 65.6. The van der Waals surface area contributed by atoms with E-state index in [0.29, 0.717) is 38.5 Å². The Labute approximate surface area is 456 Å². The second kappa shape index (κ2) is 31.1. The van der Waals surface area contributed by atoms with E-state index in [9.17, 15) is 68.1 Å². The maximum absolute atomic E-state index is 14.5. The molecular formula is C51H87N13O14. The number of rotatable bonds is 30. The fourth-order valence-electron chi connectivity index (χ4n) is 9.78. The van der Waals surface area contributed by atoms with E-state index in [-0.39, 0.29) is 70.2 Å². The van der Waals surface area contributed by atoms with Gasteiger partial charge in [0.05, 0.1) is 12.6 Å². The summed E-state index contributed by atoms with van der Waals surface area (Å²) in [5.74, 6) is -11.0. The van der Waals surface area contributed by atoms with Crippen LogP contribution in [0.1, 0.15) is 132 Å². The van der Waals surface area contributed by atoms with E-state index in [4.69, 9.17) is 17.2 Å². The normalized spacial score (nSPS) is 20.7. The SMILES string of the molecule is CC[C@H](C)[C@H](NC(=O)[C@@H](N)CCCN=C(N)N)C(=O)N1CCC[C@H]1C(=O)N[C@H](C(=O)N[C@@H](CO)C(=O)N[C@H](C(=O)N1CCC[C@H]1C(=O)N1CCC[C@H]1C(=O)N[C@@H](CCC(=O)O)C(=O)N[C@H](C(=O)O)C(C)C)[C@@H](C)CC)C(C)C. The van der Waals surface area contributed by atoms with Gasteiger partial charge in [0.15, 0.2) is 5.96 Å². The van der Waals surface area contributed by atoms with Crippen molar-refractivity contribution in [3.63, 3.8) is 0 Å². The Kier molecular flexibility index (Phi) is 26.2. The highest BCUT2D eigenvalue weighted by molar-refractivity contribution is 5.99. The van der Waals surface area contributed by atoms with E-state index >= 15 is 0 Å². The molecule has 0 unspecified atom stereocenters. The highest BCUT2D eigenvalue weighted by atomic mass is 16.4. The summed E-state index contributed by atoms with van der Waals surface area (Å²) in [7, 11) is 0. The van der Waals surface area contributed by atoms with Crippen molar-refractivity contribution >= 4 is 71.1 Å². The number of nitrogens with zero attached hydrogens (tertiary/aromatic N) is 4. The summed E-state index contributed by atoms with van der Waals surface area (Å²) in [6, 6.07) is -12.1. The van der Waals surface area contributed by atoms with Crippen molar-refractivity contribution in [2.24, 2.45) is 45.9 Å². The topological polar surface area (TPSA) is 421 Å². The molecular weight excluding hydrogens is 1020 g/mol. The third kappa shape index (κ3) is 18.2. The molecule has 3 saturated heterocycles. The maximum atomic E-state index is 14.5. The van der Waals surface area contributed by atoms with Gasteiger partial charge in [-0.1, -0.05) is 68.2 Å². The lowest BCUT2D eigenvalue weighted by Gasteiger charge is -2.35. The van der Waals surface area contributed by atoms with E-state index in [0.717, 1.165) is 0 Å². The minimum absolute atomic E-state index is 0.0920. The van der Waals surface area contributed by atoms with Crippen molar-refractivity contribution < 1.29 is 68.1 Å². The number of hydrogen-bond acceptors (Lipinski definition) is 14. The Bertz CT molecular complexity index is 2180. The van der Waals surface area contributed by atoms with Gasteiger partial charge < -0.3 is 79.1 Å². The van der Waals surface area contributed by atoms with Crippen molar-refractivity contribution in [2.75, 3.05) is 32.8 Å². The number of amides is 9. The molecule has 0 radical (unpaired) electrons. The summed E-state index contributed by atoms with van der Waals surface area (Å²) in [5.41, 5.74) is 16.9. The number of carbonyl (C=O) groups is 11. The summed E-state index contributed by atoms with van der Waals surface area (Å²) >= 11 is 0. The van der Waals surface area contributed by atoms with Crippen LogP contribution in [0.2, 0.25) is 0 Å². The predicted molar refractivity (Wildman–Crippen MR) is 284 cm³/mol. The van der Waals surface area contributed by atoms with Crippen molar-refractivity contribution in [3.8, 4) is 0 Å². The van der Waals surface area contributed by atoms with Crippen LogP contribution >= 0.6 is 0 Å². The van der Waals surface area contributed by atoms with Crippen LogP contribution in [-0.2, 0) is 52.7 Å². The minimum Gasteiger partial charge on any atom is -0.481 e. The number of nitrogens with two attached hydrogens (primary N) is 3. The van der Waals surface area contributed by atoms with Crippen LogP contribution < -0.4 is 49.1 Å². The van der Waals surface area contributed by atoms with Crippen LogP contribution in [0.4, 0.5) is 0 Å². The van der Waals surface area contributed by atoms with E-state index in [1.807, 2.05) is 6.92 Å². The van der Waals surface area contributed by atoms with E-state index in [1.54, 1.807) is 48.5 Å². The van der Waals surface area contributed by atoms with Gasteiger partial charge in [-0.2, -0.15) is 0 Å². The molecule has 3 aliphatic heterocycles. The fraction of sp³-hybridized carbons (Fsp3) is 0.765. The van der Waals surface area contributed by atoms with Crippen molar-refractivity contribution in [2.45, 2.75) is 193 Å². The predicted octanol–water partition coefficient (Wildman–Crippen LogP) is -2.41. The van der Waals surface area contributed by atoms with Crippen LogP contribution in [0, 0.1) is 23.7 Å². The molecule has 27 heteroatoms. The number of likely N-dealkylation sites (tertiary alicyclic amines) is 3. The van der Waals surface area contributed by atoms with Crippen LogP contribution in [0.25, 0.3) is 0 Å². The van der Waals surface area contributed by atoms with Gasteiger partial charge >= 0.3 is 11.9 Å². The first-order chi connectivity index (χ1) is 36.7. The lowest BCUT2D eigenvalue weighted by Crippen LogP contribution is -2.62. The Morgan fingerprint density at radius 3 is 1.51 bits per heavy atom. The average molecular weight is 1110 g/mol. The van der Waals surface area contributed by atoms with Crippen LogP contribution in [0.15, 0.2) is 4.99 Å². The van der Waals surface area contributed by atoms with Gasteiger partial charge in [0.2, 0.25) is 53.2 Å². The van der Waals surface area contributed by atoms with Crippen molar-refractivity contribution in [3.05, 3.63) is 0 Å². The van der Waals surface area contributed by atoms with E-state index in [2.05, 4.69) is 36.9 Å². The zero-order chi connectivity index (χ0) is 58.7. The lowest BCUT2D eigenvalue weighted by atomic mass is 9.96. The monoisotopic (exact) mass is 1110 g/mol. The Morgan fingerprint density at radius 2 is 1.03 bits per heavy atom. The van der Waals surface area contributed by atoms with Crippen molar-refractivity contribution in [1.82, 2.24) is 46.6 Å². The summed E-state index contributed by atoms with van der Waals surface area (Å²) in [5, 5.41) is 45.0. The highest BCUT2D eigenvalue weighted by Gasteiger charge is 2.46. The molecule has 3 rings (SSSR count). The molecule has 15 N–H and O–H groups in total. The molecule has 440 valence electrons. The van der Waals surface area contributed by atoms with Gasteiger partial charge in [-0.05, 0) is 81.5 Å². The number of aliphatic carboxylic acids is 2. The van der Waals surface area contributed by atoms with Gasteiger partial charge in [-0.3, -0.25) is 52.9 Å². The number of aliphatic imine (C=N–C) groups is 1. The third-order valence-corrected chi connectivity index (χ3v) is 14.9. The minimum atomic E-state index is -1.61. The molecule has 0 aromatic carbocycles. The van der Waals surface area contributed by atoms with E-state index in [1.165, 1.54) is 14.7 Å². The summed E-state index contributed by atoms with van der Waals surface area (Å²) < 4.78 is 0. The zero-order valence-electron chi connectivity index (χ0n) is 46.5. The number of nitrogens with one attached hydrogen (secondary N) is 6. The number of aliphatic hydroxyl groups is 1. The number of guanidine groups is 1. The maximum Gasteiger partial charge on any atom is 0.326 e. The summed E-state index contributed by atoms with van der Waals surface area (Å²) in [6.45, 7) is 13.3. The van der Waals surface area contributed by atoms with Gasteiger partial charge in [0, 0.05) is 32.6 Å². The van der Waals surface area contributed by atoms with Crippen LogP contribution in [-0.4, -0.2) is 194 Å². The fourth-order valence-corrected chi connectivity index (χ4v) is 9.78. The zero-order valence-corrected chi connectivity index (χ0v) is 46.5. The first-order valence-corrected chi connectivity index (χ1v) is 27.3. The van der Waals surface area contributed by atoms with Gasteiger partial charge in [-0.25, -0.2) is 4.79 Å². The molecule has 0 bridgehead atoms. The molecule has 0 aliphatic carbocycles. The number of aliphatic hydroxyl groups excluding tert-OH is 1. The molecule has 27 nitrogen and oxygen atoms in total. The largest absolute Gasteiger partial charge is 0.481 e. The molecule has 3 aliphatic rings. The Hall–Kier alpha value is -6.64. The number of hydrogen-bond donors (Lipinski definition) is 12. The second-order valence-corrected chi connectivity index (χ2v) is 21.4. The number of carboxylic acids is 2. The van der Waals surface area contributed by atoms with Gasteiger partial charge in [-0.15, -0.1) is 0 Å². The smallest absolute Gasteiger partial charge is 0.326 e. The third-order valence-electron chi connectivity index (χ3n) is 14.9. The molecule has 3 heterocycles. The van der Waals surface area contributed by atoms with Crippen LogP contribution in [0.5, 0.6) is 0 Å². The highest BCUT2D eigenvalue weighted by Crippen LogP contribution is 2.28. The second-order valence-electron chi connectivity index (χ2n) is 21.4. The molecule has 0 aromatic heterocycles. The molecule has 0 aromatic rings. The average Bonchev–Trinajstić information content (AvgIpc) is 4.22. The molecule has 9 amide bonds. The standard InChI is InChI=1S/C51H87N13O14/c1-9-28(7)39(60-41(68)30(52)15-11-21-55-51(53)54)48(75)63-23-13-17-34(63)45(72)58-37(26(3)4)46(73)57-32(25-65)43(70)61-40(29(8)10-2)49(76)64-24-14-18-35(64)47(74)62-22-12-16-33(62)44(71)56-31(19-20-36(66)67)42(69)59-38(27(5)6)50(77)78/h26-35,37-40,65H,9-25,52H2,1-8H3,(H,56,71)(H,57,73)(H,58,72)(H,59,69)(H,60,68)(H,61,70)(H,66,67)(H,77,78)(H4,53,54,55)/t28-,29-,30-,31-,32-,33-,34-,35-,37-,38-,39-,40-/m0/s1. The van der Waals surface area contributed by atoms with Crippen molar-refractivity contribution in [1.29, 1.82) is 0 Å². The first-order valence-electron chi connectivity index (χ1n) is 27.3. The number of carboxylic acid groups (broad SMARTS) is 2. The van der Waals surface area contributed by atoms with Gasteiger partial charge in [0.1, 0.15) is 54.4 Å². The van der Waals surface area contributed by atoms with Gasteiger partial charge in [0.25, 0.3) is 0 Å². The summed E-state index contributed by atoms with van der Waals surface area (Å²) in [4.78, 5) is 156. The van der Waals surface area contributed by atoms with Crippen LogP contribution in [0.3, 0.4) is 0 Å². The molecule has 3 fully saturated rings.